The van der Waals surface area contributed by atoms with Crippen molar-refractivity contribution in [2.45, 2.75) is 57.4 Å². The Balaban J connectivity index is 1.69. The van der Waals surface area contributed by atoms with Crippen LogP contribution < -0.4 is 10.6 Å². The lowest BCUT2D eigenvalue weighted by Crippen LogP contribution is -2.44. The zero-order valence-corrected chi connectivity index (χ0v) is 10.1. The molecule has 2 aliphatic rings. The molecule has 16 heavy (non-hydrogen) atoms. The van der Waals surface area contributed by atoms with Crippen LogP contribution in [0, 0.1) is 5.92 Å². The van der Waals surface area contributed by atoms with Gasteiger partial charge in [-0.2, -0.15) is 0 Å². The highest BCUT2D eigenvalue weighted by atomic mass is 16.2. The molecule has 3 nitrogen and oxygen atoms in total. The molecule has 2 rings (SSSR count). The Morgan fingerprint density at radius 3 is 2.62 bits per heavy atom. The summed E-state index contributed by atoms with van der Waals surface area (Å²) in [5.74, 6) is 0.975. The summed E-state index contributed by atoms with van der Waals surface area (Å²) < 4.78 is 0. The second-order valence-corrected chi connectivity index (χ2v) is 5.25. The van der Waals surface area contributed by atoms with Gasteiger partial charge in [0.15, 0.2) is 0 Å². The van der Waals surface area contributed by atoms with Crippen LogP contribution in [0.25, 0.3) is 0 Å². The topological polar surface area (TPSA) is 41.1 Å². The first-order valence-electron chi connectivity index (χ1n) is 6.87. The van der Waals surface area contributed by atoms with E-state index < -0.39 is 0 Å². The molecule has 0 radical (unpaired) electrons. The molecule has 0 spiro atoms. The molecule has 92 valence electrons. The van der Waals surface area contributed by atoms with Gasteiger partial charge in [-0.05, 0) is 38.1 Å². The van der Waals surface area contributed by atoms with Crippen molar-refractivity contribution in [2.75, 3.05) is 13.1 Å². The first kappa shape index (κ1) is 11.9. The molecule has 1 saturated heterocycles. The molecule has 2 fully saturated rings. The lowest BCUT2D eigenvalue weighted by atomic mass is 10.1. The molecule has 1 aliphatic carbocycles. The predicted octanol–water partition coefficient (Wildman–Crippen LogP) is 1.82. The van der Waals surface area contributed by atoms with E-state index in [4.69, 9.17) is 0 Å². The molecular formula is C13H24N2O. The van der Waals surface area contributed by atoms with E-state index in [9.17, 15) is 4.79 Å². The Kier molecular flexibility index (Phi) is 4.64. The fourth-order valence-electron chi connectivity index (χ4n) is 2.84. The van der Waals surface area contributed by atoms with E-state index in [0.29, 0.717) is 0 Å². The highest BCUT2D eigenvalue weighted by molar-refractivity contribution is 5.81. The van der Waals surface area contributed by atoms with Crippen molar-refractivity contribution < 1.29 is 4.79 Å². The number of amides is 1. The first-order valence-corrected chi connectivity index (χ1v) is 6.87. The second-order valence-electron chi connectivity index (χ2n) is 5.25. The number of nitrogens with one attached hydrogen (secondary N) is 2. The summed E-state index contributed by atoms with van der Waals surface area (Å²) in [6.45, 7) is 1.90. The third kappa shape index (κ3) is 3.48. The van der Waals surface area contributed by atoms with Crippen molar-refractivity contribution in [3.05, 3.63) is 0 Å². The van der Waals surface area contributed by atoms with Gasteiger partial charge in [-0.3, -0.25) is 4.79 Å². The quantitative estimate of drug-likeness (QED) is 0.768. The molecular weight excluding hydrogens is 200 g/mol. The fourth-order valence-corrected chi connectivity index (χ4v) is 2.84. The van der Waals surface area contributed by atoms with Gasteiger partial charge >= 0.3 is 0 Å². The zero-order valence-electron chi connectivity index (χ0n) is 10.1. The summed E-state index contributed by atoms with van der Waals surface area (Å²) >= 11 is 0. The first-order chi connectivity index (χ1) is 7.86. The Morgan fingerprint density at radius 2 is 1.81 bits per heavy atom. The van der Waals surface area contributed by atoms with Crippen LogP contribution in [0.1, 0.15) is 51.4 Å². The summed E-state index contributed by atoms with van der Waals surface area (Å²) in [6, 6.07) is 0.0731. The fraction of sp³-hybridized carbons (Fsp3) is 0.923. The van der Waals surface area contributed by atoms with Crippen molar-refractivity contribution in [1.82, 2.24) is 10.6 Å². The van der Waals surface area contributed by atoms with Gasteiger partial charge in [0.2, 0.25) is 5.91 Å². The molecule has 2 N–H and O–H groups in total. The van der Waals surface area contributed by atoms with Gasteiger partial charge in [0.25, 0.3) is 0 Å². The number of carbonyl (C=O) groups excluding carboxylic acids is 1. The van der Waals surface area contributed by atoms with Gasteiger partial charge < -0.3 is 10.6 Å². The third-order valence-electron chi connectivity index (χ3n) is 3.92. The Labute approximate surface area is 98.4 Å². The van der Waals surface area contributed by atoms with Crippen molar-refractivity contribution in [3.8, 4) is 0 Å². The molecule has 0 aromatic heterocycles. The Bertz CT molecular complexity index is 216. The van der Waals surface area contributed by atoms with Gasteiger partial charge in [-0.25, -0.2) is 0 Å². The highest BCUT2D eigenvalue weighted by Crippen LogP contribution is 2.23. The lowest BCUT2D eigenvalue weighted by Gasteiger charge is -2.17. The van der Waals surface area contributed by atoms with Crippen LogP contribution in [0.4, 0.5) is 0 Å². The average Bonchev–Trinajstić information content (AvgIpc) is 2.66. The van der Waals surface area contributed by atoms with Crippen molar-refractivity contribution in [3.63, 3.8) is 0 Å². The summed E-state index contributed by atoms with van der Waals surface area (Å²) in [4.78, 5) is 11.9. The average molecular weight is 224 g/mol. The molecule has 1 unspecified atom stereocenters. The molecule has 0 aromatic rings. The van der Waals surface area contributed by atoms with Crippen LogP contribution in [0.5, 0.6) is 0 Å². The molecule has 0 aromatic carbocycles. The van der Waals surface area contributed by atoms with Gasteiger partial charge in [-0.1, -0.05) is 25.7 Å². The minimum absolute atomic E-state index is 0.0731. The summed E-state index contributed by atoms with van der Waals surface area (Å²) in [7, 11) is 0. The maximum atomic E-state index is 11.9. The summed E-state index contributed by atoms with van der Waals surface area (Å²) in [5, 5.41) is 6.47. The van der Waals surface area contributed by atoms with Crippen molar-refractivity contribution in [1.29, 1.82) is 0 Å². The molecule has 1 heterocycles. The zero-order chi connectivity index (χ0) is 11.2. The van der Waals surface area contributed by atoms with Crippen molar-refractivity contribution >= 4 is 5.91 Å². The van der Waals surface area contributed by atoms with Crippen molar-refractivity contribution in [2.24, 2.45) is 5.92 Å². The number of hydrogen-bond acceptors (Lipinski definition) is 2. The third-order valence-corrected chi connectivity index (χ3v) is 3.92. The van der Waals surface area contributed by atoms with Crippen LogP contribution >= 0.6 is 0 Å². The molecule has 0 bridgehead atoms. The molecule has 1 amide bonds. The van der Waals surface area contributed by atoms with E-state index in [2.05, 4.69) is 10.6 Å². The highest BCUT2D eigenvalue weighted by Gasteiger charge is 2.21. The maximum absolute atomic E-state index is 11.9. The molecule has 1 atom stereocenters. The van der Waals surface area contributed by atoms with E-state index in [-0.39, 0.29) is 11.9 Å². The minimum Gasteiger partial charge on any atom is -0.354 e. The Morgan fingerprint density at radius 1 is 1.06 bits per heavy atom. The maximum Gasteiger partial charge on any atom is 0.237 e. The molecule has 3 heteroatoms. The van der Waals surface area contributed by atoms with Crippen LogP contribution in [0.2, 0.25) is 0 Å². The summed E-state index contributed by atoms with van der Waals surface area (Å²) in [5.41, 5.74) is 0. The van der Waals surface area contributed by atoms with Crippen LogP contribution in [0.3, 0.4) is 0 Å². The van der Waals surface area contributed by atoms with E-state index in [0.717, 1.165) is 25.4 Å². The van der Waals surface area contributed by atoms with E-state index >= 15 is 0 Å². The lowest BCUT2D eigenvalue weighted by molar-refractivity contribution is -0.123. The van der Waals surface area contributed by atoms with Crippen LogP contribution in [-0.2, 0) is 4.79 Å². The molecule has 1 aliphatic heterocycles. The second kappa shape index (κ2) is 6.24. The SMILES string of the molecule is O=C(NCC1CCCC1)C1CCCCCN1. The number of carbonyl (C=O) groups is 1. The number of rotatable bonds is 3. The van der Waals surface area contributed by atoms with E-state index in [1.165, 1.54) is 44.9 Å². The monoisotopic (exact) mass is 224 g/mol. The minimum atomic E-state index is 0.0731. The van der Waals surface area contributed by atoms with E-state index in [1.54, 1.807) is 0 Å². The van der Waals surface area contributed by atoms with Gasteiger partial charge in [-0.15, -0.1) is 0 Å². The Hall–Kier alpha value is -0.570. The molecule has 1 saturated carbocycles. The van der Waals surface area contributed by atoms with Gasteiger partial charge in [0.1, 0.15) is 0 Å². The van der Waals surface area contributed by atoms with Crippen LogP contribution in [-0.4, -0.2) is 25.0 Å². The van der Waals surface area contributed by atoms with Crippen LogP contribution in [0.15, 0.2) is 0 Å². The largest absolute Gasteiger partial charge is 0.354 e. The van der Waals surface area contributed by atoms with E-state index in [1.807, 2.05) is 0 Å². The number of hydrogen-bond donors (Lipinski definition) is 2. The van der Waals surface area contributed by atoms with Gasteiger partial charge in [0.05, 0.1) is 6.04 Å². The normalized spacial score (nSPS) is 27.6. The standard InChI is InChI=1S/C13H24N2O/c16-13(12-8-2-1-5-9-14-12)15-10-11-6-3-4-7-11/h11-12,14H,1-10H2,(H,15,16). The van der Waals surface area contributed by atoms with Gasteiger partial charge in [0, 0.05) is 6.54 Å². The summed E-state index contributed by atoms with van der Waals surface area (Å²) in [6.07, 6.45) is 9.98. The predicted molar refractivity (Wildman–Crippen MR) is 65.2 cm³/mol. The smallest absolute Gasteiger partial charge is 0.237 e.